The normalized spacial score (nSPS) is 12.0. The molecule has 0 radical (unpaired) electrons. The van der Waals surface area contributed by atoms with Gasteiger partial charge in [0.2, 0.25) is 0 Å². The van der Waals surface area contributed by atoms with E-state index in [2.05, 4.69) is 155 Å². The van der Waals surface area contributed by atoms with Crippen molar-refractivity contribution in [2.75, 3.05) is 0 Å². The Bertz CT molecular complexity index is 2690. The number of para-hydroxylation sites is 3. The Balaban J connectivity index is 1.24. The molecular formula is C41H25N3S. The third-order valence-corrected chi connectivity index (χ3v) is 10.4. The summed E-state index contributed by atoms with van der Waals surface area (Å²) in [5.41, 5.74) is 8.39. The van der Waals surface area contributed by atoms with Gasteiger partial charge in [-0.05, 0) is 59.7 Å². The van der Waals surface area contributed by atoms with Gasteiger partial charge in [-0.2, -0.15) is 0 Å². The summed E-state index contributed by atoms with van der Waals surface area (Å²) in [6, 6.07) is 52.5. The number of aromatic nitrogens is 3. The quantitative estimate of drug-likeness (QED) is 0.200. The molecule has 0 aliphatic rings. The maximum absolute atomic E-state index is 5.02. The number of thiophene rings is 1. The Hall–Kier alpha value is -5.71. The molecule has 0 N–H and O–H groups in total. The molecule has 10 rings (SSSR count). The van der Waals surface area contributed by atoms with Crippen LogP contribution in [0.2, 0.25) is 0 Å². The molecule has 0 aliphatic carbocycles. The molecule has 6 aromatic carbocycles. The fourth-order valence-electron chi connectivity index (χ4n) is 7.17. The molecule has 0 aliphatic heterocycles. The van der Waals surface area contributed by atoms with Crippen molar-refractivity contribution in [3.05, 3.63) is 152 Å². The van der Waals surface area contributed by atoms with E-state index in [1.807, 2.05) is 17.5 Å². The van der Waals surface area contributed by atoms with Gasteiger partial charge in [-0.25, -0.2) is 4.98 Å². The van der Waals surface area contributed by atoms with Crippen LogP contribution in [0, 0.1) is 0 Å². The summed E-state index contributed by atoms with van der Waals surface area (Å²) in [5.74, 6) is 0.986. The first-order valence-corrected chi connectivity index (χ1v) is 16.0. The Morgan fingerprint density at radius 1 is 0.422 bits per heavy atom. The van der Waals surface area contributed by atoms with E-state index in [9.17, 15) is 0 Å². The van der Waals surface area contributed by atoms with Gasteiger partial charge in [-0.15, -0.1) is 11.3 Å². The SMILES string of the molecule is c1ccc(-c2ccc(-n3c4ccccc4c4cc5sc6c(-n7c8ccccc8c8ccccc87)nccc6c5cc43)cc2)cc1. The number of fused-ring (bicyclic) bond motifs is 9. The first-order chi connectivity index (χ1) is 22.3. The lowest BCUT2D eigenvalue weighted by atomic mass is 10.1. The number of benzene rings is 6. The lowest BCUT2D eigenvalue weighted by molar-refractivity contribution is 1.11. The summed E-state index contributed by atoms with van der Waals surface area (Å²) >= 11 is 1.84. The molecule has 0 unspecified atom stereocenters. The average molecular weight is 592 g/mol. The third kappa shape index (κ3) is 3.54. The smallest absolute Gasteiger partial charge is 0.155 e. The highest BCUT2D eigenvalue weighted by Gasteiger charge is 2.19. The standard InChI is InChI=1S/C41H25N3S/c1-2-10-26(11-3-1)27-18-20-28(21-19-27)43-35-15-7-6-14-31(35)33-25-39-34(24-38(33)43)32-22-23-42-41(40(32)45-39)44-36-16-8-4-12-29(36)30-13-5-9-17-37(30)44/h1-25H. The Morgan fingerprint density at radius 3 is 1.69 bits per heavy atom. The fourth-order valence-corrected chi connectivity index (χ4v) is 8.37. The van der Waals surface area contributed by atoms with Crippen molar-refractivity contribution in [3.8, 4) is 22.6 Å². The largest absolute Gasteiger partial charge is 0.309 e. The number of hydrogen-bond acceptors (Lipinski definition) is 2. The van der Waals surface area contributed by atoms with Gasteiger partial charge in [-0.3, -0.25) is 4.57 Å². The van der Waals surface area contributed by atoms with Crippen molar-refractivity contribution < 1.29 is 0 Å². The minimum absolute atomic E-state index is 0.986. The van der Waals surface area contributed by atoms with E-state index >= 15 is 0 Å². The van der Waals surface area contributed by atoms with Crippen LogP contribution in [0.25, 0.3) is 86.4 Å². The zero-order valence-electron chi connectivity index (χ0n) is 24.2. The molecule has 4 heterocycles. The Labute approximate surface area is 262 Å². The second-order valence-electron chi connectivity index (χ2n) is 11.6. The van der Waals surface area contributed by atoms with Crippen LogP contribution in [0.1, 0.15) is 0 Å². The minimum atomic E-state index is 0.986. The third-order valence-electron chi connectivity index (χ3n) is 9.19. The molecule has 0 spiro atoms. The zero-order chi connectivity index (χ0) is 29.5. The molecule has 10 aromatic rings. The van der Waals surface area contributed by atoms with Gasteiger partial charge in [0.25, 0.3) is 0 Å². The van der Waals surface area contributed by atoms with Crippen molar-refractivity contribution in [2.45, 2.75) is 0 Å². The molecule has 0 fully saturated rings. The van der Waals surface area contributed by atoms with Crippen LogP contribution >= 0.6 is 11.3 Å². The highest BCUT2D eigenvalue weighted by molar-refractivity contribution is 7.26. The molecule has 0 saturated heterocycles. The summed E-state index contributed by atoms with van der Waals surface area (Å²) in [6.45, 7) is 0. The molecule has 4 aromatic heterocycles. The molecule has 0 atom stereocenters. The van der Waals surface area contributed by atoms with Gasteiger partial charge >= 0.3 is 0 Å². The molecule has 210 valence electrons. The van der Waals surface area contributed by atoms with Crippen molar-refractivity contribution in [2.24, 2.45) is 0 Å². The highest BCUT2D eigenvalue weighted by atomic mass is 32.1. The zero-order valence-corrected chi connectivity index (χ0v) is 25.0. The first-order valence-electron chi connectivity index (χ1n) is 15.2. The second-order valence-corrected chi connectivity index (χ2v) is 12.7. The number of nitrogens with zero attached hydrogens (tertiary/aromatic N) is 3. The van der Waals surface area contributed by atoms with Gasteiger partial charge in [-0.1, -0.05) is 97.1 Å². The highest BCUT2D eigenvalue weighted by Crippen LogP contribution is 2.43. The monoisotopic (exact) mass is 591 g/mol. The molecule has 3 nitrogen and oxygen atoms in total. The molecule has 0 saturated carbocycles. The van der Waals surface area contributed by atoms with E-state index < -0.39 is 0 Å². The van der Waals surface area contributed by atoms with Crippen LogP contribution in [0.15, 0.2) is 152 Å². The molecular weight excluding hydrogens is 567 g/mol. The summed E-state index contributed by atoms with van der Waals surface area (Å²) in [7, 11) is 0. The maximum Gasteiger partial charge on any atom is 0.155 e. The molecule has 0 amide bonds. The van der Waals surface area contributed by atoms with Gasteiger partial charge in [0.1, 0.15) is 0 Å². The van der Waals surface area contributed by atoms with Gasteiger partial charge < -0.3 is 4.57 Å². The summed E-state index contributed by atoms with van der Waals surface area (Å²) < 4.78 is 7.23. The minimum Gasteiger partial charge on any atom is -0.309 e. The molecule has 45 heavy (non-hydrogen) atoms. The van der Waals surface area contributed by atoms with Crippen LogP contribution in [0.4, 0.5) is 0 Å². The number of rotatable bonds is 3. The first kappa shape index (κ1) is 24.7. The van der Waals surface area contributed by atoms with Crippen LogP contribution in [0.3, 0.4) is 0 Å². The van der Waals surface area contributed by atoms with Crippen LogP contribution in [-0.2, 0) is 0 Å². The Kier molecular flexibility index (Phi) is 5.16. The predicted molar refractivity (Wildman–Crippen MR) is 191 cm³/mol. The van der Waals surface area contributed by atoms with Crippen molar-refractivity contribution in [1.82, 2.24) is 14.1 Å². The van der Waals surface area contributed by atoms with E-state index in [-0.39, 0.29) is 0 Å². The van der Waals surface area contributed by atoms with Gasteiger partial charge in [0, 0.05) is 48.9 Å². The van der Waals surface area contributed by atoms with Gasteiger partial charge in [0.05, 0.1) is 26.8 Å². The lowest BCUT2D eigenvalue weighted by Gasteiger charge is -2.10. The van der Waals surface area contributed by atoms with Crippen LogP contribution < -0.4 is 0 Å². The van der Waals surface area contributed by atoms with Gasteiger partial charge in [0.15, 0.2) is 5.82 Å². The predicted octanol–water partition coefficient (Wildman–Crippen LogP) is 11.3. The average Bonchev–Trinajstić information content (AvgIpc) is 3.75. The van der Waals surface area contributed by atoms with E-state index in [1.165, 1.54) is 74.9 Å². The van der Waals surface area contributed by atoms with E-state index in [4.69, 9.17) is 4.98 Å². The number of pyridine rings is 1. The van der Waals surface area contributed by atoms with E-state index in [0.717, 1.165) is 11.5 Å². The number of hydrogen-bond donors (Lipinski definition) is 0. The van der Waals surface area contributed by atoms with Crippen LogP contribution in [-0.4, -0.2) is 14.1 Å². The topological polar surface area (TPSA) is 22.8 Å². The molecule has 4 heteroatoms. The maximum atomic E-state index is 5.02. The van der Waals surface area contributed by atoms with E-state index in [1.54, 1.807) is 0 Å². The van der Waals surface area contributed by atoms with Crippen molar-refractivity contribution in [1.29, 1.82) is 0 Å². The molecule has 0 bridgehead atoms. The van der Waals surface area contributed by atoms with Crippen molar-refractivity contribution >= 4 is 75.1 Å². The van der Waals surface area contributed by atoms with Crippen molar-refractivity contribution in [3.63, 3.8) is 0 Å². The Morgan fingerprint density at radius 2 is 1.00 bits per heavy atom. The summed E-state index contributed by atoms with van der Waals surface area (Å²) in [5, 5.41) is 7.52. The fraction of sp³-hybridized carbons (Fsp3) is 0. The summed E-state index contributed by atoms with van der Waals surface area (Å²) in [4.78, 5) is 5.02. The lowest BCUT2D eigenvalue weighted by Crippen LogP contribution is -1.96. The van der Waals surface area contributed by atoms with E-state index in [0.29, 0.717) is 0 Å². The summed E-state index contributed by atoms with van der Waals surface area (Å²) in [6.07, 6.45) is 1.97. The second kappa shape index (κ2) is 9.39. The van der Waals surface area contributed by atoms with Crippen LogP contribution in [0.5, 0.6) is 0 Å².